The number of benzene rings is 2. The minimum absolute atomic E-state index is 0. The predicted molar refractivity (Wildman–Crippen MR) is 107 cm³/mol. The molecule has 128 valence electrons. The number of fused-ring (bicyclic) bond motifs is 3. The fourth-order valence-corrected chi connectivity index (χ4v) is 3.81. The van der Waals surface area contributed by atoms with Crippen molar-refractivity contribution >= 4 is 62.9 Å². The summed E-state index contributed by atoms with van der Waals surface area (Å²) in [5.41, 5.74) is 3.78. The first kappa shape index (κ1) is 17.7. The van der Waals surface area contributed by atoms with E-state index in [0.29, 0.717) is 10.8 Å². The molecule has 0 fully saturated rings. The summed E-state index contributed by atoms with van der Waals surface area (Å²) in [6, 6.07) is 15.6. The lowest BCUT2D eigenvalue weighted by molar-refractivity contribution is 0.0996. The molecule has 25 heavy (non-hydrogen) atoms. The van der Waals surface area contributed by atoms with Gasteiger partial charge in [-0.25, -0.2) is 4.98 Å². The largest absolute Gasteiger partial charge is 0.311 e. The van der Waals surface area contributed by atoms with Crippen molar-refractivity contribution in [2.45, 2.75) is 5.88 Å². The van der Waals surface area contributed by atoms with Crippen LogP contribution in [-0.2, 0) is 5.88 Å². The Morgan fingerprint density at radius 1 is 1.24 bits per heavy atom. The maximum absolute atomic E-state index is 12.7. The van der Waals surface area contributed by atoms with Crippen LogP contribution in [0, 0.1) is 0 Å². The van der Waals surface area contributed by atoms with Crippen LogP contribution >= 0.6 is 35.3 Å². The number of aromatic nitrogens is 2. The van der Waals surface area contributed by atoms with E-state index in [-0.39, 0.29) is 18.3 Å². The van der Waals surface area contributed by atoms with Gasteiger partial charge < -0.3 is 4.90 Å². The van der Waals surface area contributed by atoms with Crippen LogP contribution < -0.4 is 4.90 Å². The molecule has 2 heterocycles. The van der Waals surface area contributed by atoms with Crippen LogP contribution in [0.5, 0.6) is 0 Å². The topological polar surface area (TPSA) is 37.6 Å². The Balaban J connectivity index is 0.00000182. The summed E-state index contributed by atoms with van der Waals surface area (Å²) in [6.07, 6.45) is 1.86. The van der Waals surface area contributed by atoms with E-state index in [9.17, 15) is 4.79 Å². The summed E-state index contributed by atoms with van der Waals surface area (Å²) in [7, 11) is 1.78. The van der Waals surface area contributed by atoms with Gasteiger partial charge in [-0.05, 0) is 29.8 Å². The van der Waals surface area contributed by atoms with Crippen LogP contribution in [0.2, 0.25) is 0 Å². The highest BCUT2D eigenvalue weighted by molar-refractivity contribution is 7.19. The molecule has 7 heteroatoms. The summed E-state index contributed by atoms with van der Waals surface area (Å²) in [4.78, 5) is 20.5. The molecule has 0 radical (unpaired) electrons. The van der Waals surface area contributed by atoms with Crippen molar-refractivity contribution in [3.63, 3.8) is 0 Å². The molecule has 0 saturated carbocycles. The SMILES string of the molecule is CN(C(=O)c1cn2c(nc3ccc(CCl)cc32)s1)c1ccccc1.Cl. The first-order chi connectivity index (χ1) is 11.7. The van der Waals surface area contributed by atoms with Gasteiger partial charge in [0.15, 0.2) is 4.96 Å². The molecule has 0 atom stereocenters. The molecule has 2 aromatic carbocycles. The summed E-state index contributed by atoms with van der Waals surface area (Å²) >= 11 is 7.32. The van der Waals surface area contributed by atoms with Crippen LogP contribution in [0.15, 0.2) is 54.7 Å². The van der Waals surface area contributed by atoms with E-state index in [1.165, 1.54) is 11.3 Å². The van der Waals surface area contributed by atoms with Gasteiger partial charge in [-0.1, -0.05) is 35.6 Å². The molecular formula is C18H15Cl2N3OS. The standard InChI is InChI=1S/C18H14ClN3OS.ClH/c1-21(13-5-3-2-4-6-13)17(23)16-11-22-15-9-12(10-19)7-8-14(15)20-18(22)24-16;/h2-9,11H,10H2,1H3;1H. The van der Waals surface area contributed by atoms with E-state index in [0.717, 1.165) is 27.2 Å². The normalized spacial score (nSPS) is 10.8. The van der Waals surface area contributed by atoms with Crippen molar-refractivity contribution in [3.8, 4) is 0 Å². The molecule has 4 rings (SSSR count). The summed E-state index contributed by atoms with van der Waals surface area (Å²) in [5.74, 6) is 0.411. The van der Waals surface area contributed by atoms with Gasteiger partial charge in [0, 0.05) is 24.8 Å². The van der Waals surface area contributed by atoms with Crippen molar-refractivity contribution in [2.24, 2.45) is 0 Å². The number of rotatable bonds is 3. The zero-order chi connectivity index (χ0) is 16.7. The second-order valence-corrected chi connectivity index (χ2v) is 6.79. The number of para-hydroxylation sites is 1. The van der Waals surface area contributed by atoms with E-state index in [2.05, 4.69) is 4.98 Å². The molecule has 2 aromatic heterocycles. The number of imidazole rings is 1. The highest BCUT2D eigenvalue weighted by Gasteiger charge is 2.18. The Morgan fingerprint density at radius 2 is 2.00 bits per heavy atom. The number of nitrogens with zero attached hydrogens (tertiary/aromatic N) is 3. The van der Waals surface area contributed by atoms with Crippen molar-refractivity contribution in [1.82, 2.24) is 9.38 Å². The van der Waals surface area contributed by atoms with E-state index in [1.54, 1.807) is 11.9 Å². The van der Waals surface area contributed by atoms with Gasteiger partial charge in [-0.15, -0.1) is 24.0 Å². The smallest absolute Gasteiger partial charge is 0.269 e. The average Bonchev–Trinajstić information content (AvgIpc) is 3.18. The lowest BCUT2D eigenvalue weighted by Gasteiger charge is -2.15. The van der Waals surface area contributed by atoms with Crippen LogP contribution in [-0.4, -0.2) is 22.3 Å². The fourth-order valence-electron chi connectivity index (χ4n) is 2.67. The van der Waals surface area contributed by atoms with E-state index >= 15 is 0 Å². The molecule has 0 aliphatic carbocycles. The lowest BCUT2D eigenvalue weighted by atomic mass is 10.2. The number of alkyl halides is 1. The Bertz CT molecular complexity index is 1040. The third-order valence-corrected chi connectivity index (χ3v) is 5.26. The minimum Gasteiger partial charge on any atom is -0.311 e. The van der Waals surface area contributed by atoms with Crippen LogP contribution in [0.25, 0.3) is 16.0 Å². The van der Waals surface area contributed by atoms with Crippen LogP contribution in [0.4, 0.5) is 5.69 Å². The number of anilines is 1. The maximum atomic E-state index is 12.7. The monoisotopic (exact) mass is 391 g/mol. The van der Waals surface area contributed by atoms with Gasteiger partial charge in [0.1, 0.15) is 4.88 Å². The number of thiazole rings is 1. The Kier molecular flexibility index (Phi) is 4.99. The third-order valence-electron chi connectivity index (χ3n) is 3.98. The second kappa shape index (κ2) is 7.04. The molecule has 4 aromatic rings. The van der Waals surface area contributed by atoms with E-state index in [4.69, 9.17) is 11.6 Å². The molecule has 0 aliphatic rings. The molecule has 1 amide bonds. The first-order valence-corrected chi connectivity index (χ1v) is 8.82. The molecule has 0 spiro atoms. The number of hydrogen-bond acceptors (Lipinski definition) is 3. The van der Waals surface area contributed by atoms with E-state index < -0.39 is 0 Å². The van der Waals surface area contributed by atoms with Gasteiger partial charge in [0.05, 0.1) is 11.0 Å². The van der Waals surface area contributed by atoms with Crippen LogP contribution in [0.3, 0.4) is 0 Å². The van der Waals surface area contributed by atoms with Crippen molar-refractivity contribution < 1.29 is 4.79 Å². The highest BCUT2D eigenvalue weighted by Crippen LogP contribution is 2.26. The van der Waals surface area contributed by atoms with Gasteiger partial charge in [-0.2, -0.15) is 0 Å². The van der Waals surface area contributed by atoms with Crippen molar-refractivity contribution in [2.75, 3.05) is 11.9 Å². The molecule has 4 nitrogen and oxygen atoms in total. The maximum Gasteiger partial charge on any atom is 0.269 e. The van der Waals surface area contributed by atoms with Gasteiger partial charge in [-0.3, -0.25) is 9.20 Å². The number of carbonyl (C=O) groups excluding carboxylic acids is 1. The first-order valence-electron chi connectivity index (χ1n) is 7.47. The zero-order valence-electron chi connectivity index (χ0n) is 13.3. The van der Waals surface area contributed by atoms with Gasteiger partial charge >= 0.3 is 0 Å². The van der Waals surface area contributed by atoms with Crippen molar-refractivity contribution in [1.29, 1.82) is 0 Å². The molecule has 0 bridgehead atoms. The average molecular weight is 392 g/mol. The zero-order valence-corrected chi connectivity index (χ0v) is 15.7. The van der Waals surface area contributed by atoms with E-state index in [1.807, 2.05) is 59.1 Å². The van der Waals surface area contributed by atoms with Crippen molar-refractivity contribution in [3.05, 3.63) is 65.2 Å². The Hall–Kier alpha value is -2.08. The Labute approximate surface area is 160 Å². The Morgan fingerprint density at radius 3 is 2.72 bits per heavy atom. The predicted octanol–water partition coefficient (Wildman–Crippen LogP) is 4.99. The third kappa shape index (κ3) is 3.11. The van der Waals surface area contributed by atoms with Gasteiger partial charge in [0.2, 0.25) is 0 Å². The highest BCUT2D eigenvalue weighted by atomic mass is 35.5. The molecule has 0 aliphatic heterocycles. The van der Waals surface area contributed by atoms with Crippen LogP contribution in [0.1, 0.15) is 15.2 Å². The lowest BCUT2D eigenvalue weighted by Crippen LogP contribution is -2.25. The molecule has 0 unspecified atom stereocenters. The number of hydrogen-bond donors (Lipinski definition) is 0. The summed E-state index contributed by atoms with van der Waals surface area (Å²) in [5, 5.41) is 0. The molecule has 0 saturated heterocycles. The number of carbonyl (C=O) groups is 1. The minimum atomic E-state index is -0.0432. The summed E-state index contributed by atoms with van der Waals surface area (Å²) < 4.78 is 1.96. The summed E-state index contributed by atoms with van der Waals surface area (Å²) in [6.45, 7) is 0. The molecule has 0 N–H and O–H groups in total. The fraction of sp³-hybridized carbons (Fsp3) is 0.111. The second-order valence-electron chi connectivity index (χ2n) is 5.52. The number of amides is 1. The van der Waals surface area contributed by atoms with Gasteiger partial charge in [0.25, 0.3) is 5.91 Å². The molecular weight excluding hydrogens is 377 g/mol. The number of halogens is 2. The quantitative estimate of drug-likeness (QED) is 0.461.